The largest absolute Gasteiger partial charge is 0.493 e. The summed E-state index contributed by atoms with van der Waals surface area (Å²) in [5.74, 6) is 1.47. The van der Waals surface area contributed by atoms with Crippen LogP contribution in [0.15, 0.2) is 53.3 Å². The molecule has 0 fully saturated rings. The predicted octanol–water partition coefficient (Wildman–Crippen LogP) is 8.01. The number of para-hydroxylation sites is 1. The highest BCUT2D eigenvalue weighted by Gasteiger charge is 2.05. The average molecular weight is 462 g/mol. The molecule has 0 aliphatic heterocycles. The van der Waals surface area contributed by atoms with E-state index in [1.807, 2.05) is 60.7 Å². The van der Waals surface area contributed by atoms with Crippen LogP contribution >= 0.6 is 0 Å². The predicted molar refractivity (Wildman–Crippen MR) is 144 cm³/mol. The fourth-order valence-corrected chi connectivity index (χ4v) is 4.15. The molecule has 182 valence electrons. The third-order valence-electron chi connectivity index (χ3n) is 6.18. The lowest BCUT2D eigenvalue weighted by Gasteiger charge is -2.11. The maximum absolute atomic E-state index is 12.4. The van der Waals surface area contributed by atoms with Crippen molar-refractivity contribution in [3.63, 3.8) is 0 Å². The van der Waals surface area contributed by atoms with Gasteiger partial charge in [-0.1, -0.05) is 95.1 Å². The van der Waals surface area contributed by atoms with Crippen molar-refractivity contribution in [2.75, 3.05) is 13.7 Å². The van der Waals surface area contributed by atoms with Gasteiger partial charge in [-0.2, -0.15) is 0 Å². The molecule has 34 heavy (non-hydrogen) atoms. The molecule has 1 N–H and O–H groups in total. The first kappa shape index (κ1) is 25.6. The van der Waals surface area contributed by atoms with E-state index in [1.165, 1.54) is 57.8 Å². The minimum atomic E-state index is -0.0987. The molecule has 0 unspecified atom stereocenters. The molecule has 1 aromatic heterocycles. The molecule has 4 heteroatoms. The van der Waals surface area contributed by atoms with Gasteiger partial charge in [-0.25, -0.2) is 0 Å². The van der Waals surface area contributed by atoms with Crippen LogP contribution in [0.1, 0.15) is 82.3 Å². The van der Waals surface area contributed by atoms with Gasteiger partial charge in [0.1, 0.15) is 0 Å². The van der Waals surface area contributed by atoms with E-state index in [0.717, 1.165) is 28.6 Å². The van der Waals surface area contributed by atoms with Gasteiger partial charge in [0, 0.05) is 11.1 Å². The van der Waals surface area contributed by atoms with Crippen molar-refractivity contribution in [1.82, 2.24) is 4.98 Å². The highest BCUT2D eigenvalue weighted by Crippen LogP contribution is 2.29. The first-order chi connectivity index (χ1) is 16.7. The highest BCUT2D eigenvalue weighted by atomic mass is 16.5. The van der Waals surface area contributed by atoms with E-state index < -0.39 is 0 Å². The Kier molecular flexibility index (Phi) is 10.8. The number of methoxy groups -OCH3 is 1. The summed E-state index contributed by atoms with van der Waals surface area (Å²) in [5, 5.41) is 1.01. The van der Waals surface area contributed by atoms with Gasteiger partial charge >= 0.3 is 0 Å². The van der Waals surface area contributed by atoms with Crippen molar-refractivity contribution in [3.05, 3.63) is 70.0 Å². The van der Waals surface area contributed by atoms with Gasteiger partial charge in [-0.05, 0) is 47.7 Å². The molecular formula is C30H39NO3. The number of ether oxygens (including phenoxy) is 2. The number of hydrogen-bond acceptors (Lipinski definition) is 3. The highest BCUT2D eigenvalue weighted by molar-refractivity contribution is 5.82. The first-order valence-corrected chi connectivity index (χ1v) is 12.8. The zero-order chi connectivity index (χ0) is 24.0. The molecule has 0 atom stereocenters. The number of nitrogens with one attached hydrogen (secondary N) is 1. The van der Waals surface area contributed by atoms with Crippen LogP contribution < -0.4 is 15.0 Å². The van der Waals surface area contributed by atoms with Crippen LogP contribution in [0.4, 0.5) is 0 Å². The lowest BCUT2D eigenvalue weighted by molar-refractivity contribution is 0.284. The summed E-state index contributed by atoms with van der Waals surface area (Å²) < 4.78 is 11.5. The molecule has 0 amide bonds. The van der Waals surface area contributed by atoms with Crippen LogP contribution in [0.25, 0.3) is 23.1 Å². The van der Waals surface area contributed by atoms with Crippen LogP contribution in [0.3, 0.4) is 0 Å². The summed E-state index contributed by atoms with van der Waals surface area (Å²) >= 11 is 0. The zero-order valence-corrected chi connectivity index (χ0v) is 20.8. The number of aromatic amines is 1. The second kappa shape index (κ2) is 14.3. The van der Waals surface area contributed by atoms with Gasteiger partial charge in [-0.15, -0.1) is 0 Å². The van der Waals surface area contributed by atoms with E-state index in [4.69, 9.17) is 9.47 Å². The van der Waals surface area contributed by atoms with Crippen LogP contribution in [0.2, 0.25) is 0 Å². The SMILES string of the molecule is CCCCCCCCCCCCOc1ccc(C=Cc2cc3ccccc3[nH]c2=O)cc1OC. The molecule has 2 aromatic carbocycles. The Morgan fingerprint density at radius 3 is 2.24 bits per heavy atom. The van der Waals surface area contributed by atoms with Crippen LogP contribution in [0.5, 0.6) is 11.5 Å². The number of unbranched alkanes of at least 4 members (excludes halogenated alkanes) is 9. The number of fused-ring (bicyclic) bond motifs is 1. The molecule has 3 aromatic rings. The molecule has 1 heterocycles. The van der Waals surface area contributed by atoms with Gasteiger partial charge in [-0.3, -0.25) is 4.79 Å². The molecule has 3 rings (SSSR count). The van der Waals surface area contributed by atoms with Crippen molar-refractivity contribution in [1.29, 1.82) is 0 Å². The summed E-state index contributed by atoms with van der Waals surface area (Å²) in [6.07, 6.45) is 16.9. The lowest BCUT2D eigenvalue weighted by atomic mass is 10.1. The van der Waals surface area contributed by atoms with Crippen LogP contribution in [0, 0.1) is 0 Å². The fraction of sp³-hybridized carbons (Fsp3) is 0.433. The number of H-pyrrole nitrogens is 1. The Morgan fingerprint density at radius 1 is 0.794 bits per heavy atom. The van der Waals surface area contributed by atoms with E-state index in [9.17, 15) is 4.79 Å². The number of aromatic nitrogens is 1. The Hall–Kier alpha value is -3.01. The third-order valence-corrected chi connectivity index (χ3v) is 6.18. The van der Waals surface area contributed by atoms with E-state index in [2.05, 4.69) is 11.9 Å². The Bertz CT molecular complexity index is 1100. The molecule has 0 saturated carbocycles. The minimum absolute atomic E-state index is 0.0987. The molecular weight excluding hydrogens is 422 g/mol. The standard InChI is InChI=1S/C30H39NO3/c1-3-4-5-6-7-8-9-10-11-14-21-34-28-20-18-24(22-29(28)33-2)17-19-26-23-25-15-12-13-16-27(25)31-30(26)32/h12-13,15-20,22-23H,3-11,14,21H2,1-2H3,(H,31,32). The van der Waals surface area contributed by atoms with E-state index in [0.29, 0.717) is 17.9 Å². The molecule has 0 spiro atoms. The second-order valence-corrected chi connectivity index (χ2v) is 8.92. The zero-order valence-electron chi connectivity index (χ0n) is 20.8. The third kappa shape index (κ3) is 8.09. The van der Waals surface area contributed by atoms with Crippen molar-refractivity contribution >= 4 is 23.1 Å². The van der Waals surface area contributed by atoms with Gasteiger partial charge in [0.05, 0.1) is 13.7 Å². The van der Waals surface area contributed by atoms with Crippen LogP contribution in [-0.4, -0.2) is 18.7 Å². The van der Waals surface area contributed by atoms with E-state index in [-0.39, 0.29) is 5.56 Å². The number of hydrogen-bond donors (Lipinski definition) is 1. The monoisotopic (exact) mass is 461 g/mol. The topological polar surface area (TPSA) is 51.3 Å². The van der Waals surface area contributed by atoms with E-state index >= 15 is 0 Å². The quantitative estimate of drug-likeness (QED) is 0.233. The summed E-state index contributed by atoms with van der Waals surface area (Å²) in [7, 11) is 1.66. The maximum atomic E-state index is 12.4. The van der Waals surface area contributed by atoms with Crippen LogP contribution in [-0.2, 0) is 0 Å². The van der Waals surface area contributed by atoms with Crippen molar-refractivity contribution in [2.24, 2.45) is 0 Å². The van der Waals surface area contributed by atoms with E-state index in [1.54, 1.807) is 7.11 Å². The summed E-state index contributed by atoms with van der Waals surface area (Å²) in [4.78, 5) is 15.3. The van der Waals surface area contributed by atoms with Gasteiger partial charge in [0.25, 0.3) is 5.56 Å². The van der Waals surface area contributed by atoms with Gasteiger partial charge in [0.2, 0.25) is 0 Å². The average Bonchev–Trinajstić information content (AvgIpc) is 2.86. The number of rotatable bonds is 15. The summed E-state index contributed by atoms with van der Waals surface area (Å²) in [5.41, 5.74) is 2.32. The van der Waals surface area contributed by atoms with Crippen molar-refractivity contribution in [2.45, 2.75) is 71.1 Å². The normalized spacial score (nSPS) is 11.4. The molecule has 0 bridgehead atoms. The molecule has 0 saturated heterocycles. The van der Waals surface area contributed by atoms with Gasteiger partial charge < -0.3 is 14.5 Å². The number of pyridine rings is 1. The van der Waals surface area contributed by atoms with Crippen molar-refractivity contribution in [3.8, 4) is 11.5 Å². The lowest BCUT2D eigenvalue weighted by Crippen LogP contribution is -2.08. The minimum Gasteiger partial charge on any atom is -0.493 e. The Morgan fingerprint density at radius 2 is 1.50 bits per heavy atom. The smallest absolute Gasteiger partial charge is 0.255 e. The fourth-order valence-electron chi connectivity index (χ4n) is 4.15. The van der Waals surface area contributed by atoms with Gasteiger partial charge in [0.15, 0.2) is 11.5 Å². The summed E-state index contributed by atoms with van der Waals surface area (Å²) in [6, 6.07) is 15.6. The Labute approximate surface area is 204 Å². The number of benzene rings is 2. The molecule has 0 radical (unpaired) electrons. The summed E-state index contributed by atoms with van der Waals surface area (Å²) in [6.45, 7) is 2.97. The first-order valence-electron chi connectivity index (χ1n) is 12.8. The molecule has 0 aliphatic rings. The maximum Gasteiger partial charge on any atom is 0.255 e. The second-order valence-electron chi connectivity index (χ2n) is 8.92. The van der Waals surface area contributed by atoms with Crippen molar-refractivity contribution < 1.29 is 9.47 Å². The molecule has 0 aliphatic carbocycles. The Balaban J connectivity index is 1.45. The molecule has 4 nitrogen and oxygen atoms in total.